The molecule has 2 rings (SSSR count). The molecule has 3 nitrogen and oxygen atoms in total. The van der Waals surface area contributed by atoms with Crippen LogP contribution >= 0.6 is 0 Å². The normalized spacial score (nSPS) is 30.4. The lowest BCUT2D eigenvalue weighted by atomic mass is 9.95. The number of nitrogens with one attached hydrogen (secondary N) is 1. The van der Waals surface area contributed by atoms with Gasteiger partial charge in [0.05, 0.1) is 12.1 Å². The first-order valence-corrected chi connectivity index (χ1v) is 8.23. The number of hydrogen-bond donors (Lipinski definition) is 2. The standard InChI is InChI=1S/C16H29NO2/c18-15-11-7-3-6-10-14(15)17-16(19)12-13-8-4-1-2-5-9-13/h13-15,18H,1-12H2,(H,17,19). The van der Waals surface area contributed by atoms with Gasteiger partial charge in [-0.2, -0.15) is 0 Å². The summed E-state index contributed by atoms with van der Waals surface area (Å²) in [4.78, 5) is 12.1. The number of carbonyl (C=O) groups is 1. The molecule has 0 aromatic carbocycles. The molecular formula is C16H29NO2. The molecule has 2 unspecified atom stereocenters. The van der Waals surface area contributed by atoms with Gasteiger partial charge in [0.1, 0.15) is 0 Å². The molecule has 2 saturated carbocycles. The van der Waals surface area contributed by atoms with E-state index in [2.05, 4.69) is 5.32 Å². The van der Waals surface area contributed by atoms with Gasteiger partial charge in [0.2, 0.25) is 5.91 Å². The molecular weight excluding hydrogens is 238 g/mol. The van der Waals surface area contributed by atoms with Crippen molar-refractivity contribution in [3.63, 3.8) is 0 Å². The van der Waals surface area contributed by atoms with Gasteiger partial charge in [-0.1, -0.05) is 44.9 Å². The first-order valence-electron chi connectivity index (χ1n) is 8.23. The lowest BCUT2D eigenvalue weighted by Gasteiger charge is -2.23. The molecule has 0 aromatic rings. The summed E-state index contributed by atoms with van der Waals surface area (Å²) in [5, 5.41) is 13.1. The molecule has 3 heteroatoms. The number of aliphatic hydroxyl groups excluding tert-OH is 1. The minimum atomic E-state index is -0.333. The largest absolute Gasteiger partial charge is 0.391 e. The van der Waals surface area contributed by atoms with Crippen molar-refractivity contribution in [3.05, 3.63) is 0 Å². The van der Waals surface area contributed by atoms with Gasteiger partial charge in [0, 0.05) is 6.42 Å². The van der Waals surface area contributed by atoms with Gasteiger partial charge in [0.25, 0.3) is 0 Å². The molecule has 2 aliphatic rings. The predicted octanol–water partition coefficient (Wildman–Crippen LogP) is 3.16. The first-order chi connectivity index (χ1) is 9.25. The average molecular weight is 267 g/mol. The third kappa shape index (κ3) is 5.13. The maximum Gasteiger partial charge on any atom is 0.220 e. The number of carbonyl (C=O) groups excluding carboxylic acids is 1. The Kier molecular flexibility index (Phi) is 6.15. The minimum Gasteiger partial charge on any atom is -0.391 e. The van der Waals surface area contributed by atoms with Crippen LogP contribution in [-0.4, -0.2) is 23.2 Å². The summed E-state index contributed by atoms with van der Waals surface area (Å²) in [5.74, 6) is 0.739. The van der Waals surface area contributed by atoms with Gasteiger partial charge in [-0.25, -0.2) is 0 Å². The Balaban J connectivity index is 1.75. The third-order valence-corrected chi connectivity index (χ3v) is 4.77. The summed E-state index contributed by atoms with van der Waals surface area (Å²) in [6.07, 6.45) is 13.2. The zero-order valence-electron chi connectivity index (χ0n) is 12.1. The molecule has 0 radical (unpaired) electrons. The van der Waals surface area contributed by atoms with Crippen molar-refractivity contribution >= 4 is 5.91 Å². The molecule has 19 heavy (non-hydrogen) atoms. The summed E-state index contributed by atoms with van der Waals surface area (Å²) in [5.41, 5.74) is 0. The Hall–Kier alpha value is -0.570. The number of hydrogen-bond acceptors (Lipinski definition) is 2. The lowest BCUT2D eigenvalue weighted by Crippen LogP contribution is -2.43. The van der Waals surface area contributed by atoms with Crippen molar-refractivity contribution in [2.24, 2.45) is 5.92 Å². The van der Waals surface area contributed by atoms with Crippen LogP contribution in [-0.2, 0) is 4.79 Å². The first kappa shape index (κ1) is 14.8. The van der Waals surface area contributed by atoms with E-state index in [0.717, 1.165) is 25.7 Å². The van der Waals surface area contributed by atoms with E-state index in [4.69, 9.17) is 0 Å². The van der Waals surface area contributed by atoms with Gasteiger partial charge in [-0.05, 0) is 31.6 Å². The van der Waals surface area contributed by atoms with E-state index in [9.17, 15) is 9.90 Å². The average Bonchev–Trinajstić information content (AvgIpc) is 2.74. The SMILES string of the molecule is O=C(CC1CCCCCC1)NC1CCCCCC1O. The van der Waals surface area contributed by atoms with Crippen LogP contribution in [0.2, 0.25) is 0 Å². The second kappa shape index (κ2) is 7.88. The maximum absolute atomic E-state index is 12.1. The van der Waals surface area contributed by atoms with Crippen LogP contribution in [0.3, 0.4) is 0 Å². The highest BCUT2D eigenvalue weighted by Gasteiger charge is 2.24. The third-order valence-electron chi connectivity index (χ3n) is 4.77. The van der Waals surface area contributed by atoms with Crippen molar-refractivity contribution in [3.8, 4) is 0 Å². The quantitative estimate of drug-likeness (QED) is 0.772. The summed E-state index contributed by atoms with van der Waals surface area (Å²) in [6.45, 7) is 0. The molecule has 110 valence electrons. The van der Waals surface area contributed by atoms with Crippen molar-refractivity contribution in [1.82, 2.24) is 5.32 Å². The molecule has 2 aliphatic carbocycles. The molecule has 2 fully saturated rings. The van der Waals surface area contributed by atoms with Gasteiger partial charge < -0.3 is 10.4 Å². The predicted molar refractivity (Wildman–Crippen MR) is 76.8 cm³/mol. The maximum atomic E-state index is 12.1. The fourth-order valence-corrected chi connectivity index (χ4v) is 3.55. The van der Waals surface area contributed by atoms with Gasteiger partial charge >= 0.3 is 0 Å². The Morgan fingerprint density at radius 2 is 1.47 bits per heavy atom. The zero-order valence-corrected chi connectivity index (χ0v) is 12.1. The zero-order chi connectivity index (χ0) is 13.5. The fourth-order valence-electron chi connectivity index (χ4n) is 3.55. The van der Waals surface area contributed by atoms with E-state index in [1.165, 1.54) is 44.9 Å². The van der Waals surface area contributed by atoms with Gasteiger partial charge in [-0.3, -0.25) is 4.79 Å². The van der Waals surface area contributed by atoms with Crippen LogP contribution in [0.5, 0.6) is 0 Å². The Labute approximate surface area is 117 Å². The monoisotopic (exact) mass is 267 g/mol. The Morgan fingerprint density at radius 1 is 0.895 bits per heavy atom. The van der Waals surface area contributed by atoms with E-state index in [1.54, 1.807) is 0 Å². The highest BCUT2D eigenvalue weighted by molar-refractivity contribution is 5.76. The highest BCUT2D eigenvalue weighted by atomic mass is 16.3. The number of amides is 1. The van der Waals surface area contributed by atoms with E-state index < -0.39 is 0 Å². The van der Waals surface area contributed by atoms with E-state index in [0.29, 0.717) is 12.3 Å². The second-order valence-corrected chi connectivity index (χ2v) is 6.44. The lowest BCUT2D eigenvalue weighted by molar-refractivity contribution is -0.123. The van der Waals surface area contributed by atoms with Crippen LogP contribution < -0.4 is 5.32 Å². The molecule has 1 amide bonds. The van der Waals surface area contributed by atoms with Crippen LogP contribution in [0.15, 0.2) is 0 Å². The summed E-state index contributed by atoms with van der Waals surface area (Å²) < 4.78 is 0. The van der Waals surface area contributed by atoms with Crippen molar-refractivity contribution in [2.75, 3.05) is 0 Å². The minimum absolute atomic E-state index is 0.000720. The second-order valence-electron chi connectivity index (χ2n) is 6.44. The molecule has 2 N–H and O–H groups in total. The molecule has 0 bridgehead atoms. The van der Waals surface area contributed by atoms with E-state index in [-0.39, 0.29) is 18.1 Å². The van der Waals surface area contributed by atoms with Crippen LogP contribution in [0, 0.1) is 5.92 Å². The molecule has 0 aromatic heterocycles. The number of aliphatic hydroxyl groups is 1. The molecule has 0 heterocycles. The van der Waals surface area contributed by atoms with Crippen molar-refractivity contribution < 1.29 is 9.90 Å². The Bertz CT molecular complexity index is 272. The fraction of sp³-hybridized carbons (Fsp3) is 0.938. The van der Waals surface area contributed by atoms with Crippen LogP contribution in [0.1, 0.15) is 77.0 Å². The molecule has 0 spiro atoms. The van der Waals surface area contributed by atoms with E-state index >= 15 is 0 Å². The smallest absolute Gasteiger partial charge is 0.220 e. The summed E-state index contributed by atoms with van der Waals surface area (Å²) in [7, 11) is 0. The number of rotatable bonds is 3. The summed E-state index contributed by atoms with van der Waals surface area (Å²) in [6, 6.07) is 0.000720. The van der Waals surface area contributed by atoms with Crippen LogP contribution in [0.4, 0.5) is 0 Å². The highest BCUT2D eigenvalue weighted by Crippen LogP contribution is 2.25. The van der Waals surface area contributed by atoms with Crippen molar-refractivity contribution in [1.29, 1.82) is 0 Å². The molecule has 0 saturated heterocycles. The summed E-state index contributed by atoms with van der Waals surface area (Å²) >= 11 is 0. The van der Waals surface area contributed by atoms with Gasteiger partial charge in [-0.15, -0.1) is 0 Å². The van der Waals surface area contributed by atoms with Crippen LogP contribution in [0.25, 0.3) is 0 Å². The topological polar surface area (TPSA) is 49.3 Å². The Morgan fingerprint density at radius 3 is 2.21 bits per heavy atom. The van der Waals surface area contributed by atoms with Gasteiger partial charge in [0.15, 0.2) is 0 Å². The van der Waals surface area contributed by atoms with E-state index in [1.807, 2.05) is 0 Å². The molecule has 2 atom stereocenters. The molecule has 0 aliphatic heterocycles. The van der Waals surface area contributed by atoms with Crippen molar-refractivity contribution in [2.45, 2.75) is 89.2 Å².